The molecule has 0 radical (unpaired) electrons. The van der Waals surface area contributed by atoms with Crippen LogP contribution in [0.4, 0.5) is 4.39 Å². The second-order valence-corrected chi connectivity index (χ2v) is 6.52. The minimum atomic E-state index is -0.301. The van der Waals surface area contributed by atoms with Gasteiger partial charge in [-0.1, -0.05) is 12.1 Å². The van der Waals surface area contributed by atoms with Crippen LogP contribution >= 0.6 is 0 Å². The van der Waals surface area contributed by atoms with Crippen molar-refractivity contribution in [1.29, 1.82) is 0 Å². The van der Waals surface area contributed by atoms with Gasteiger partial charge in [0, 0.05) is 18.5 Å². The van der Waals surface area contributed by atoms with E-state index >= 15 is 0 Å². The lowest BCUT2D eigenvalue weighted by atomic mass is 10.1. The molecular formula is C19H20FN3O2. The molecule has 3 aromatic rings. The molecule has 3 heterocycles. The van der Waals surface area contributed by atoms with Gasteiger partial charge in [0.05, 0.1) is 12.7 Å². The number of ether oxygens (including phenoxy) is 1. The lowest BCUT2D eigenvalue weighted by molar-refractivity contribution is 0.00913. The predicted molar refractivity (Wildman–Crippen MR) is 92.2 cm³/mol. The molecule has 0 N–H and O–H groups in total. The number of fused-ring (bicyclic) bond motifs is 1. The van der Waals surface area contributed by atoms with Crippen molar-refractivity contribution >= 4 is 5.52 Å². The molecule has 1 atom stereocenters. The van der Waals surface area contributed by atoms with E-state index in [1.165, 1.54) is 12.1 Å². The van der Waals surface area contributed by atoms with Gasteiger partial charge in [-0.15, -0.1) is 0 Å². The average molecular weight is 341 g/mol. The molecule has 2 aromatic heterocycles. The highest BCUT2D eigenvalue weighted by atomic mass is 19.1. The molecule has 1 aliphatic heterocycles. The topological polar surface area (TPSA) is 48.5 Å². The summed E-state index contributed by atoms with van der Waals surface area (Å²) in [6.07, 6.45) is 6.56. The van der Waals surface area contributed by atoms with Gasteiger partial charge in [0.25, 0.3) is 5.56 Å². The summed E-state index contributed by atoms with van der Waals surface area (Å²) >= 11 is 0. The van der Waals surface area contributed by atoms with E-state index in [2.05, 4.69) is 4.98 Å². The molecule has 6 heteroatoms. The number of rotatable bonds is 3. The Morgan fingerprint density at radius 3 is 3.00 bits per heavy atom. The minimum Gasteiger partial charge on any atom is -0.370 e. The SMILES string of the molecule is Cc1cn2c([C@H]3CCCCO3)ncc2c(=O)n1Cc1cccc(F)c1. The zero-order chi connectivity index (χ0) is 17.4. The fourth-order valence-electron chi connectivity index (χ4n) is 3.42. The normalized spacial score (nSPS) is 17.9. The fraction of sp³-hybridized carbons (Fsp3) is 0.368. The Balaban J connectivity index is 1.76. The van der Waals surface area contributed by atoms with Crippen LogP contribution in [0.25, 0.3) is 5.52 Å². The zero-order valence-electron chi connectivity index (χ0n) is 14.1. The average Bonchev–Trinajstić information content (AvgIpc) is 3.03. The van der Waals surface area contributed by atoms with Gasteiger partial charge in [-0.2, -0.15) is 0 Å². The summed E-state index contributed by atoms with van der Waals surface area (Å²) in [6, 6.07) is 6.32. The zero-order valence-corrected chi connectivity index (χ0v) is 14.1. The Kier molecular flexibility index (Phi) is 4.13. The monoisotopic (exact) mass is 341 g/mol. The highest BCUT2D eigenvalue weighted by Crippen LogP contribution is 2.27. The molecule has 0 spiro atoms. The van der Waals surface area contributed by atoms with Crippen LogP contribution < -0.4 is 5.56 Å². The summed E-state index contributed by atoms with van der Waals surface area (Å²) < 4.78 is 22.7. The molecule has 1 aliphatic rings. The molecule has 130 valence electrons. The van der Waals surface area contributed by atoms with Gasteiger partial charge in [0.2, 0.25) is 0 Å². The Hall–Kier alpha value is -2.47. The molecular weight excluding hydrogens is 321 g/mol. The number of hydrogen-bond donors (Lipinski definition) is 0. The lowest BCUT2D eigenvalue weighted by Crippen LogP contribution is -2.25. The molecule has 0 aliphatic carbocycles. The van der Waals surface area contributed by atoms with Gasteiger partial charge < -0.3 is 9.30 Å². The van der Waals surface area contributed by atoms with E-state index in [1.807, 2.05) is 23.6 Å². The summed E-state index contributed by atoms with van der Waals surface area (Å²) in [4.78, 5) is 17.4. The van der Waals surface area contributed by atoms with Crippen LogP contribution in [0.15, 0.2) is 41.5 Å². The number of benzene rings is 1. The van der Waals surface area contributed by atoms with E-state index < -0.39 is 0 Å². The second kappa shape index (κ2) is 6.44. The first-order chi connectivity index (χ1) is 12.1. The van der Waals surface area contributed by atoms with Gasteiger partial charge in [-0.25, -0.2) is 9.37 Å². The van der Waals surface area contributed by atoms with Crippen LogP contribution in [0.1, 0.15) is 42.4 Å². The Morgan fingerprint density at radius 1 is 1.36 bits per heavy atom. The van der Waals surface area contributed by atoms with Gasteiger partial charge in [0.1, 0.15) is 23.3 Å². The van der Waals surface area contributed by atoms with E-state index in [4.69, 9.17) is 4.74 Å². The van der Waals surface area contributed by atoms with Crippen molar-refractivity contribution < 1.29 is 9.13 Å². The van der Waals surface area contributed by atoms with Gasteiger partial charge >= 0.3 is 0 Å². The molecule has 0 amide bonds. The molecule has 5 nitrogen and oxygen atoms in total. The van der Waals surface area contributed by atoms with Crippen LogP contribution in [0, 0.1) is 12.7 Å². The quantitative estimate of drug-likeness (QED) is 0.735. The molecule has 0 bridgehead atoms. The van der Waals surface area contributed by atoms with Gasteiger partial charge in [-0.3, -0.25) is 9.20 Å². The van der Waals surface area contributed by atoms with Crippen molar-refractivity contribution in [1.82, 2.24) is 14.0 Å². The van der Waals surface area contributed by atoms with E-state index in [1.54, 1.807) is 16.8 Å². The smallest absolute Gasteiger partial charge is 0.276 e. The fourth-order valence-corrected chi connectivity index (χ4v) is 3.42. The van der Waals surface area contributed by atoms with Crippen LogP contribution in [-0.2, 0) is 11.3 Å². The maximum atomic E-state index is 13.4. The number of nitrogens with zero attached hydrogens (tertiary/aromatic N) is 3. The Bertz CT molecular complexity index is 970. The van der Waals surface area contributed by atoms with Gasteiger partial charge in [0.15, 0.2) is 0 Å². The number of hydrogen-bond acceptors (Lipinski definition) is 3. The maximum absolute atomic E-state index is 13.4. The standard InChI is InChI=1S/C19H20FN3O2/c1-13-11-23-16(10-21-18(23)17-7-2-3-8-25-17)19(24)22(13)12-14-5-4-6-15(20)9-14/h4-6,9-11,17H,2-3,7-8,12H2,1H3/t17-/m1/s1. The van der Waals surface area contributed by atoms with Crippen LogP contribution in [0.3, 0.4) is 0 Å². The molecule has 0 saturated carbocycles. The minimum absolute atomic E-state index is 0.0610. The van der Waals surface area contributed by atoms with Crippen LogP contribution in [0.2, 0.25) is 0 Å². The summed E-state index contributed by atoms with van der Waals surface area (Å²) in [6.45, 7) is 2.94. The second-order valence-electron chi connectivity index (χ2n) is 6.52. The molecule has 1 fully saturated rings. The highest BCUT2D eigenvalue weighted by molar-refractivity contribution is 5.45. The molecule has 4 rings (SSSR count). The molecule has 0 unspecified atom stereocenters. The van der Waals surface area contributed by atoms with Crippen molar-refractivity contribution in [2.24, 2.45) is 0 Å². The largest absolute Gasteiger partial charge is 0.370 e. The first-order valence-corrected chi connectivity index (χ1v) is 8.57. The molecule has 1 aromatic carbocycles. The first-order valence-electron chi connectivity index (χ1n) is 8.57. The van der Waals surface area contributed by atoms with Crippen molar-refractivity contribution in [3.05, 3.63) is 69.9 Å². The van der Waals surface area contributed by atoms with E-state index in [0.29, 0.717) is 12.1 Å². The Morgan fingerprint density at radius 2 is 2.24 bits per heavy atom. The summed E-state index contributed by atoms with van der Waals surface area (Å²) in [7, 11) is 0. The summed E-state index contributed by atoms with van der Waals surface area (Å²) in [5.74, 6) is 0.484. The number of aryl methyl sites for hydroxylation is 1. The first kappa shape index (κ1) is 16.0. The third-order valence-electron chi connectivity index (χ3n) is 4.73. The van der Waals surface area contributed by atoms with Crippen molar-refractivity contribution in [2.75, 3.05) is 6.61 Å². The summed E-state index contributed by atoms with van der Waals surface area (Å²) in [5.41, 5.74) is 1.95. The third-order valence-corrected chi connectivity index (χ3v) is 4.73. The predicted octanol–water partition coefficient (Wildman–Crippen LogP) is 3.23. The van der Waals surface area contributed by atoms with Crippen molar-refractivity contribution in [3.63, 3.8) is 0 Å². The van der Waals surface area contributed by atoms with E-state index in [9.17, 15) is 9.18 Å². The van der Waals surface area contributed by atoms with Crippen LogP contribution in [0.5, 0.6) is 0 Å². The van der Waals surface area contributed by atoms with Crippen molar-refractivity contribution in [3.8, 4) is 0 Å². The number of aromatic nitrogens is 3. The maximum Gasteiger partial charge on any atom is 0.276 e. The summed E-state index contributed by atoms with van der Waals surface area (Å²) in [5, 5.41) is 0. The highest BCUT2D eigenvalue weighted by Gasteiger charge is 2.22. The van der Waals surface area contributed by atoms with Crippen LogP contribution in [-0.4, -0.2) is 20.6 Å². The molecule has 25 heavy (non-hydrogen) atoms. The van der Waals surface area contributed by atoms with E-state index in [0.717, 1.165) is 43.0 Å². The number of imidazole rings is 1. The van der Waals surface area contributed by atoms with Gasteiger partial charge in [-0.05, 0) is 43.9 Å². The lowest BCUT2D eigenvalue weighted by Gasteiger charge is -2.21. The Labute approximate surface area is 144 Å². The molecule has 1 saturated heterocycles. The van der Waals surface area contributed by atoms with E-state index in [-0.39, 0.29) is 17.5 Å². The number of halogens is 1. The third kappa shape index (κ3) is 2.98. The van der Waals surface area contributed by atoms with Crippen molar-refractivity contribution in [2.45, 2.75) is 38.8 Å².